The topological polar surface area (TPSA) is 24.9 Å². The Kier molecular flexibility index (Phi) is 4.94. The molecule has 1 atom stereocenters. The Labute approximate surface area is 111 Å². The van der Waals surface area contributed by atoms with Crippen molar-refractivity contribution in [1.29, 1.82) is 0 Å². The molecule has 0 saturated heterocycles. The maximum atomic E-state index is 4.30. The average Bonchev–Trinajstić information content (AvgIpc) is 2.42. The summed E-state index contributed by atoms with van der Waals surface area (Å²) < 4.78 is 0. The molecule has 98 valence electrons. The number of pyridine rings is 1. The molecule has 18 heavy (non-hydrogen) atoms. The Morgan fingerprint density at radius 2 is 2.28 bits per heavy atom. The molecule has 0 aliphatic heterocycles. The van der Waals surface area contributed by atoms with Crippen LogP contribution < -0.4 is 5.32 Å². The predicted octanol–water partition coefficient (Wildman–Crippen LogP) is 3.93. The summed E-state index contributed by atoms with van der Waals surface area (Å²) in [5.41, 5.74) is 4.25. The maximum Gasteiger partial charge on any atom is 0.0554 e. The molecule has 1 unspecified atom stereocenters. The molecular weight excluding hydrogens is 220 g/mol. The lowest BCUT2D eigenvalue weighted by molar-refractivity contribution is 0.544. The van der Waals surface area contributed by atoms with E-state index in [1.807, 2.05) is 12.4 Å². The molecule has 1 aromatic rings. The van der Waals surface area contributed by atoms with Crippen LogP contribution in [0.1, 0.15) is 56.2 Å². The highest BCUT2D eigenvalue weighted by atomic mass is 14.9. The van der Waals surface area contributed by atoms with Gasteiger partial charge in [0.15, 0.2) is 0 Å². The molecule has 1 aliphatic carbocycles. The predicted molar refractivity (Wildman–Crippen MR) is 76.6 cm³/mol. The number of allylic oxidation sites excluding steroid dienone is 1. The molecular formula is C16H24N2. The molecule has 0 spiro atoms. The summed E-state index contributed by atoms with van der Waals surface area (Å²) in [6.45, 7) is 5.47. The van der Waals surface area contributed by atoms with Crippen LogP contribution in [0.5, 0.6) is 0 Å². The lowest BCUT2D eigenvalue weighted by atomic mass is 9.89. The van der Waals surface area contributed by atoms with Gasteiger partial charge in [-0.15, -0.1) is 0 Å². The maximum absolute atomic E-state index is 4.30. The van der Waals surface area contributed by atoms with Gasteiger partial charge in [0.1, 0.15) is 0 Å². The van der Waals surface area contributed by atoms with Gasteiger partial charge in [-0.2, -0.15) is 0 Å². The van der Waals surface area contributed by atoms with Crippen LogP contribution in [0.2, 0.25) is 0 Å². The highest BCUT2D eigenvalue weighted by Crippen LogP contribution is 2.30. The van der Waals surface area contributed by atoms with E-state index in [0.29, 0.717) is 6.04 Å². The first kappa shape index (κ1) is 13.3. The highest BCUT2D eigenvalue weighted by Gasteiger charge is 2.19. The third kappa shape index (κ3) is 3.20. The fourth-order valence-corrected chi connectivity index (χ4v) is 2.63. The van der Waals surface area contributed by atoms with Crippen LogP contribution >= 0.6 is 0 Å². The summed E-state index contributed by atoms with van der Waals surface area (Å²) in [6, 6.07) is 2.48. The van der Waals surface area contributed by atoms with Gasteiger partial charge in [0.2, 0.25) is 0 Å². The Morgan fingerprint density at radius 3 is 2.94 bits per heavy atom. The normalized spacial score (nSPS) is 17.3. The van der Waals surface area contributed by atoms with Crippen molar-refractivity contribution in [3.63, 3.8) is 0 Å². The molecule has 1 aromatic heterocycles. The quantitative estimate of drug-likeness (QED) is 0.794. The highest BCUT2D eigenvalue weighted by molar-refractivity contribution is 5.32. The van der Waals surface area contributed by atoms with E-state index in [0.717, 1.165) is 6.54 Å². The van der Waals surface area contributed by atoms with Crippen LogP contribution in [0.25, 0.3) is 0 Å². The van der Waals surface area contributed by atoms with E-state index in [2.05, 4.69) is 36.3 Å². The molecule has 2 rings (SSSR count). The van der Waals surface area contributed by atoms with Crippen molar-refractivity contribution in [2.45, 2.75) is 52.0 Å². The van der Waals surface area contributed by atoms with E-state index < -0.39 is 0 Å². The van der Waals surface area contributed by atoms with Crippen LogP contribution in [0, 0.1) is 6.92 Å². The second kappa shape index (κ2) is 6.69. The standard InChI is InChI=1S/C16H24N2/c1-3-10-18-16(14-7-5-4-6-8-14)15-12-17-11-9-13(15)2/h7,9,11-12,16,18H,3-6,8,10H2,1-2H3. The molecule has 0 fully saturated rings. The van der Waals surface area contributed by atoms with Crippen LogP contribution in [0.3, 0.4) is 0 Å². The van der Waals surface area contributed by atoms with Gasteiger partial charge >= 0.3 is 0 Å². The fourth-order valence-electron chi connectivity index (χ4n) is 2.63. The second-order valence-corrected chi connectivity index (χ2v) is 5.14. The van der Waals surface area contributed by atoms with E-state index in [1.165, 1.54) is 43.2 Å². The fraction of sp³-hybridized carbons (Fsp3) is 0.562. The van der Waals surface area contributed by atoms with Gasteiger partial charge in [0.05, 0.1) is 6.04 Å². The number of aromatic nitrogens is 1. The molecule has 0 aromatic carbocycles. The van der Waals surface area contributed by atoms with Gasteiger partial charge in [0.25, 0.3) is 0 Å². The first-order valence-corrected chi connectivity index (χ1v) is 7.15. The van der Waals surface area contributed by atoms with Crippen molar-refractivity contribution in [1.82, 2.24) is 10.3 Å². The number of nitrogens with one attached hydrogen (secondary N) is 1. The van der Waals surface area contributed by atoms with Crippen LogP contribution in [0.15, 0.2) is 30.1 Å². The molecule has 0 bridgehead atoms. The largest absolute Gasteiger partial charge is 0.306 e. The lowest BCUT2D eigenvalue weighted by Crippen LogP contribution is -2.25. The van der Waals surface area contributed by atoms with Crippen molar-refractivity contribution in [3.8, 4) is 0 Å². The van der Waals surface area contributed by atoms with Crippen LogP contribution in [-0.4, -0.2) is 11.5 Å². The molecule has 0 radical (unpaired) electrons. The van der Waals surface area contributed by atoms with Crippen LogP contribution in [-0.2, 0) is 0 Å². The van der Waals surface area contributed by atoms with E-state index >= 15 is 0 Å². The molecule has 1 heterocycles. The third-order valence-corrected chi connectivity index (χ3v) is 3.69. The SMILES string of the molecule is CCCNC(C1=CCCCC1)c1cnccc1C. The van der Waals surface area contributed by atoms with Gasteiger partial charge in [-0.3, -0.25) is 4.98 Å². The lowest BCUT2D eigenvalue weighted by Gasteiger charge is -2.26. The zero-order chi connectivity index (χ0) is 12.8. The van der Waals surface area contributed by atoms with Gasteiger partial charge in [-0.1, -0.05) is 18.6 Å². The van der Waals surface area contributed by atoms with Gasteiger partial charge in [-0.25, -0.2) is 0 Å². The van der Waals surface area contributed by atoms with E-state index in [9.17, 15) is 0 Å². The van der Waals surface area contributed by atoms with Crippen molar-refractivity contribution in [3.05, 3.63) is 41.2 Å². The Morgan fingerprint density at radius 1 is 1.39 bits per heavy atom. The van der Waals surface area contributed by atoms with Crippen molar-refractivity contribution >= 4 is 0 Å². The molecule has 2 heteroatoms. The second-order valence-electron chi connectivity index (χ2n) is 5.14. The van der Waals surface area contributed by atoms with Crippen molar-refractivity contribution < 1.29 is 0 Å². The summed E-state index contributed by atoms with van der Waals surface area (Å²) in [6.07, 6.45) is 12.6. The van der Waals surface area contributed by atoms with E-state index in [1.54, 1.807) is 5.57 Å². The van der Waals surface area contributed by atoms with Crippen LogP contribution in [0.4, 0.5) is 0 Å². The summed E-state index contributed by atoms with van der Waals surface area (Å²) in [4.78, 5) is 4.30. The number of rotatable bonds is 5. The first-order chi connectivity index (χ1) is 8.83. The van der Waals surface area contributed by atoms with E-state index in [4.69, 9.17) is 0 Å². The van der Waals surface area contributed by atoms with Crippen molar-refractivity contribution in [2.75, 3.05) is 6.54 Å². The Hall–Kier alpha value is -1.15. The molecule has 1 aliphatic rings. The van der Waals surface area contributed by atoms with Gasteiger partial charge in [-0.05, 0) is 62.8 Å². The minimum atomic E-state index is 0.374. The zero-order valence-electron chi connectivity index (χ0n) is 11.6. The molecule has 0 amide bonds. The summed E-state index contributed by atoms with van der Waals surface area (Å²) in [7, 11) is 0. The number of hydrogen-bond donors (Lipinski definition) is 1. The van der Waals surface area contributed by atoms with Gasteiger partial charge in [0, 0.05) is 12.4 Å². The smallest absolute Gasteiger partial charge is 0.0554 e. The van der Waals surface area contributed by atoms with Crippen molar-refractivity contribution in [2.24, 2.45) is 0 Å². The summed E-state index contributed by atoms with van der Waals surface area (Å²) in [5.74, 6) is 0. The third-order valence-electron chi connectivity index (χ3n) is 3.69. The number of hydrogen-bond acceptors (Lipinski definition) is 2. The summed E-state index contributed by atoms with van der Waals surface area (Å²) >= 11 is 0. The minimum Gasteiger partial charge on any atom is -0.306 e. The monoisotopic (exact) mass is 244 g/mol. The minimum absolute atomic E-state index is 0.374. The zero-order valence-corrected chi connectivity index (χ0v) is 11.6. The number of aryl methyl sites for hydroxylation is 1. The molecule has 1 N–H and O–H groups in total. The Balaban J connectivity index is 2.24. The number of nitrogens with zero attached hydrogens (tertiary/aromatic N) is 1. The summed E-state index contributed by atoms with van der Waals surface area (Å²) in [5, 5.41) is 3.69. The Bertz CT molecular complexity index is 409. The molecule has 2 nitrogen and oxygen atoms in total. The average molecular weight is 244 g/mol. The molecule has 0 saturated carbocycles. The van der Waals surface area contributed by atoms with E-state index in [-0.39, 0.29) is 0 Å². The first-order valence-electron chi connectivity index (χ1n) is 7.15. The van der Waals surface area contributed by atoms with Gasteiger partial charge < -0.3 is 5.32 Å².